The number of amides is 1. The van der Waals surface area contributed by atoms with Crippen LogP contribution in [0.25, 0.3) is 6.08 Å². The summed E-state index contributed by atoms with van der Waals surface area (Å²) in [6, 6.07) is 12.7. The van der Waals surface area contributed by atoms with Gasteiger partial charge in [-0.15, -0.1) is 0 Å². The van der Waals surface area contributed by atoms with Gasteiger partial charge in [-0.3, -0.25) is 4.79 Å². The average Bonchev–Trinajstić information content (AvgIpc) is 3.03. The molecule has 2 aromatic rings. The molecule has 0 saturated heterocycles. The van der Waals surface area contributed by atoms with E-state index in [2.05, 4.69) is 25.8 Å². The summed E-state index contributed by atoms with van der Waals surface area (Å²) in [4.78, 5) is 24.3. The molecule has 156 valence electrons. The third kappa shape index (κ3) is 4.71. The van der Waals surface area contributed by atoms with Gasteiger partial charge >= 0.3 is 5.97 Å². The standard InChI is InChI=1S/C22H21BrN2O5/c1-4-29-19-11-15(18(23)12-20(19)30-13-21(26)28-3)10-17-14(2)24-25(22(17)27)16-8-6-5-7-9-16/h5-12H,4,13H2,1-3H3/b17-10+. The minimum Gasteiger partial charge on any atom is -0.490 e. The molecule has 0 aliphatic carbocycles. The van der Waals surface area contributed by atoms with E-state index in [9.17, 15) is 9.59 Å². The average molecular weight is 473 g/mol. The Kier molecular flexibility index (Phi) is 6.89. The lowest BCUT2D eigenvalue weighted by atomic mass is 10.1. The lowest BCUT2D eigenvalue weighted by Crippen LogP contribution is -2.21. The van der Waals surface area contributed by atoms with Gasteiger partial charge in [0.2, 0.25) is 0 Å². The molecule has 0 atom stereocenters. The first-order chi connectivity index (χ1) is 14.4. The van der Waals surface area contributed by atoms with Crippen LogP contribution in [0.4, 0.5) is 5.69 Å². The highest BCUT2D eigenvalue weighted by atomic mass is 79.9. The first-order valence-electron chi connectivity index (χ1n) is 9.27. The van der Waals surface area contributed by atoms with E-state index < -0.39 is 5.97 Å². The first kappa shape index (κ1) is 21.6. The maximum absolute atomic E-state index is 12.9. The highest BCUT2D eigenvalue weighted by molar-refractivity contribution is 9.10. The number of halogens is 1. The fourth-order valence-electron chi connectivity index (χ4n) is 2.82. The molecule has 0 spiro atoms. The van der Waals surface area contributed by atoms with Crippen molar-refractivity contribution in [1.82, 2.24) is 0 Å². The Hall–Kier alpha value is -3.13. The Morgan fingerprint density at radius 2 is 1.87 bits per heavy atom. The number of carbonyl (C=O) groups excluding carboxylic acids is 2. The molecule has 3 rings (SSSR count). The van der Waals surface area contributed by atoms with E-state index in [1.807, 2.05) is 37.3 Å². The number of carbonyl (C=O) groups is 2. The van der Waals surface area contributed by atoms with Crippen molar-refractivity contribution in [2.24, 2.45) is 5.10 Å². The van der Waals surface area contributed by atoms with Gasteiger partial charge in [0.15, 0.2) is 18.1 Å². The van der Waals surface area contributed by atoms with E-state index in [0.717, 1.165) is 5.56 Å². The first-order valence-corrected chi connectivity index (χ1v) is 10.1. The Balaban J connectivity index is 1.92. The van der Waals surface area contributed by atoms with Gasteiger partial charge in [0.1, 0.15) is 0 Å². The fraction of sp³-hybridized carbons (Fsp3) is 0.227. The number of anilines is 1. The van der Waals surface area contributed by atoms with Gasteiger partial charge in [0, 0.05) is 4.47 Å². The van der Waals surface area contributed by atoms with Gasteiger partial charge in [-0.05, 0) is 49.8 Å². The van der Waals surface area contributed by atoms with Crippen molar-refractivity contribution >= 4 is 45.3 Å². The number of ether oxygens (including phenoxy) is 3. The molecule has 0 fully saturated rings. The highest BCUT2D eigenvalue weighted by Gasteiger charge is 2.29. The lowest BCUT2D eigenvalue weighted by molar-refractivity contribution is -0.142. The van der Waals surface area contributed by atoms with E-state index in [-0.39, 0.29) is 12.5 Å². The van der Waals surface area contributed by atoms with Crippen LogP contribution < -0.4 is 14.5 Å². The van der Waals surface area contributed by atoms with Gasteiger partial charge < -0.3 is 14.2 Å². The zero-order valence-corrected chi connectivity index (χ0v) is 18.4. The summed E-state index contributed by atoms with van der Waals surface area (Å²) in [7, 11) is 1.29. The summed E-state index contributed by atoms with van der Waals surface area (Å²) in [5.41, 5.74) is 2.51. The molecule has 2 aromatic carbocycles. The number of hydrazone groups is 1. The minimum absolute atomic E-state index is 0.213. The molecular weight excluding hydrogens is 452 g/mol. The van der Waals surface area contributed by atoms with Crippen LogP contribution in [0, 0.1) is 0 Å². The fourth-order valence-corrected chi connectivity index (χ4v) is 3.26. The predicted octanol–water partition coefficient (Wildman–Crippen LogP) is 4.21. The largest absolute Gasteiger partial charge is 0.490 e. The summed E-state index contributed by atoms with van der Waals surface area (Å²) < 4.78 is 16.5. The molecule has 1 aliphatic heterocycles. The van der Waals surface area contributed by atoms with Crippen LogP contribution in [-0.4, -0.2) is 37.9 Å². The van der Waals surface area contributed by atoms with Crippen molar-refractivity contribution in [3.63, 3.8) is 0 Å². The molecule has 7 nitrogen and oxygen atoms in total. The van der Waals surface area contributed by atoms with Crippen LogP contribution in [0.15, 0.2) is 57.6 Å². The SMILES string of the molecule is CCOc1cc(/C=C2/C(=O)N(c3ccccc3)N=C2C)c(Br)cc1OCC(=O)OC. The number of hydrogen-bond acceptors (Lipinski definition) is 6. The molecule has 0 N–H and O–H groups in total. The number of hydrogen-bond donors (Lipinski definition) is 0. The Labute approximate surface area is 183 Å². The van der Waals surface area contributed by atoms with Crippen LogP contribution >= 0.6 is 15.9 Å². The second kappa shape index (κ2) is 9.58. The van der Waals surface area contributed by atoms with E-state index in [1.54, 1.807) is 25.1 Å². The number of esters is 1. The van der Waals surface area contributed by atoms with E-state index in [4.69, 9.17) is 9.47 Å². The molecule has 1 aliphatic rings. The number of methoxy groups -OCH3 is 1. The van der Waals surface area contributed by atoms with Crippen LogP contribution in [-0.2, 0) is 14.3 Å². The van der Waals surface area contributed by atoms with E-state index in [1.165, 1.54) is 12.1 Å². The second-order valence-electron chi connectivity index (χ2n) is 6.31. The molecule has 0 radical (unpaired) electrons. The Bertz CT molecular complexity index is 1020. The zero-order chi connectivity index (χ0) is 21.7. The molecule has 1 heterocycles. The van der Waals surface area contributed by atoms with Gasteiger partial charge in [-0.1, -0.05) is 34.1 Å². The molecule has 0 bridgehead atoms. The molecule has 30 heavy (non-hydrogen) atoms. The maximum atomic E-state index is 12.9. The van der Waals surface area contributed by atoms with Gasteiger partial charge in [-0.25, -0.2) is 4.79 Å². The smallest absolute Gasteiger partial charge is 0.343 e. The molecule has 1 amide bonds. The number of para-hydroxylation sites is 1. The molecule has 0 saturated carbocycles. The topological polar surface area (TPSA) is 77.4 Å². The van der Waals surface area contributed by atoms with E-state index >= 15 is 0 Å². The lowest BCUT2D eigenvalue weighted by Gasteiger charge is -2.14. The monoisotopic (exact) mass is 472 g/mol. The summed E-state index contributed by atoms with van der Waals surface area (Å²) in [6.07, 6.45) is 1.75. The number of rotatable bonds is 7. The van der Waals surface area contributed by atoms with Gasteiger partial charge in [-0.2, -0.15) is 10.1 Å². The second-order valence-corrected chi connectivity index (χ2v) is 7.17. The maximum Gasteiger partial charge on any atom is 0.343 e. The normalized spacial score (nSPS) is 14.7. The van der Waals surface area contributed by atoms with Crippen LogP contribution in [0.5, 0.6) is 11.5 Å². The molecule has 8 heteroatoms. The molecule has 0 unspecified atom stereocenters. The van der Waals surface area contributed by atoms with Crippen molar-refractivity contribution < 1.29 is 23.8 Å². The van der Waals surface area contributed by atoms with Crippen molar-refractivity contribution in [3.05, 3.63) is 58.1 Å². The zero-order valence-electron chi connectivity index (χ0n) is 16.8. The third-order valence-corrected chi connectivity index (χ3v) is 4.99. The van der Waals surface area contributed by atoms with Crippen molar-refractivity contribution in [3.8, 4) is 11.5 Å². The van der Waals surface area contributed by atoms with Gasteiger partial charge in [0.25, 0.3) is 5.91 Å². The highest BCUT2D eigenvalue weighted by Crippen LogP contribution is 2.36. The van der Waals surface area contributed by atoms with Crippen LogP contribution in [0.1, 0.15) is 19.4 Å². The number of benzene rings is 2. The quantitative estimate of drug-likeness (QED) is 0.445. The van der Waals surface area contributed by atoms with Crippen LogP contribution in [0.2, 0.25) is 0 Å². The Morgan fingerprint density at radius 3 is 2.53 bits per heavy atom. The summed E-state index contributed by atoms with van der Waals surface area (Å²) in [5.74, 6) is 0.139. The van der Waals surface area contributed by atoms with Crippen molar-refractivity contribution in [2.45, 2.75) is 13.8 Å². The van der Waals surface area contributed by atoms with Crippen molar-refractivity contribution in [2.75, 3.05) is 25.3 Å². The Morgan fingerprint density at radius 1 is 1.17 bits per heavy atom. The number of nitrogens with zero attached hydrogens (tertiary/aromatic N) is 2. The predicted molar refractivity (Wildman–Crippen MR) is 118 cm³/mol. The molecular formula is C22H21BrN2O5. The van der Waals surface area contributed by atoms with Gasteiger partial charge in [0.05, 0.1) is 30.7 Å². The third-order valence-electron chi connectivity index (χ3n) is 4.30. The van der Waals surface area contributed by atoms with E-state index in [0.29, 0.717) is 39.6 Å². The summed E-state index contributed by atoms with van der Waals surface area (Å²) in [5, 5.41) is 5.77. The summed E-state index contributed by atoms with van der Waals surface area (Å²) in [6.45, 7) is 3.81. The van der Waals surface area contributed by atoms with Crippen LogP contribution in [0.3, 0.4) is 0 Å². The summed E-state index contributed by atoms with van der Waals surface area (Å²) >= 11 is 3.50. The van der Waals surface area contributed by atoms with Crippen molar-refractivity contribution in [1.29, 1.82) is 0 Å². The molecule has 0 aromatic heterocycles. The minimum atomic E-state index is -0.496.